The summed E-state index contributed by atoms with van der Waals surface area (Å²) in [5.41, 5.74) is -2.61. The first-order valence-electron chi connectivity index (χ1n) is 9.80. The van der Waals surface area contributed by atoms with Gasteiger partial charge >= 0.3 is 12.1 Å². The van der Waals surface area contributed by atoms with E-state index in [2.05, 4.69) is 16.6 Å². The van der Waals surface area contributed by atoms with Crippen LogP contribution in [0, 0.1) is 17.8 Å². The highest BCUT2D eigenvalue weighted by molar-refractivity contribution is 7.85. The van der Waals surface area contributed by atoms with Crippen LogP contribution >= 0.6 is 0 Å². The van der Waals surface area contributed by atoms with E-state index in [1.165, 1.54) is 13.8 Å². The van der Waals surface area contributed by atoms with Gasteiger partial charge in [-0.3, -0.25) is 0 Å². The Morgan fingerprint density at radius 3 is 2.42 bits per heavy atom. The minimum Gasteiger partial charge on any atom is -0.748 e. The Hall–Kier alpha value is -2.25. The van der Waals surface area contributed by atoms with Crippen molar-refractivity contribution in [2.24, 2.45) is 5.92 Å². The molecule has 10 heteroatoms. The Kier molecular flexibility index (Phi) is 8.00. The highest BCUT2D eigenvalue weighted by Crippen LogP contribution is 2.38. The van der Waals surface area contributed by atoms with Gasteiger partial charge in [-0.15, -0.1) is 0 Å². The number of hydrogen-bond acceptors (Lipinski definition) is 6. The molecule has 0 amide bonds. The summed E-state index contributed by atoms with van der Waals surface area (Å²) in [6.45, 7) is 2.36. The van der Waals surface area contributed by atoms with Gasteiger partial charge in [-0.2, -0.15) is 13.2 Å². The van der Waals surface area contributed by atoms with Crippen molar-refractivity contribution in [2.45, 2.75) is 57.7 Å². The highest BCUT2D eigenvalue weighted by Gasteiger charge is 2.36. The molecular weight excluding hydrogens is 437 g/mol. The number of benzene rings is 1. The molecule has 0 heterocycles. The first kappa shape index (κ1) is 25.0. The zero-order valence-corrected chi connectivity index (χ0v) is 18.1. The van der Waals surface area contributed by atoms with Gasteiger partial charge in [0.05, 0.1) is 27.0 Å². The number of carbonyl (C=O) groups excluding carboxylic acids is 1. The van der Waals surface area contributed by atoms with Crippen molar-refractivity contribution in [3.05, 3.63) is 29.3 Å². The summed E-state index contributed by atoms with van der Waals surface area (Å²) in [5.74, 6) is 3.55. The number of halogens is 3. The Bertz CT molecular complexity index is 952. The molecule has 1 aliphatic rings. The van der Waals surface area contributed by atoms with Crippen LogP contribution < -0.4 is 4.74 Å². The molecule has 31 heavy (non-hydrogen) atoms. The molecule has 0 bridgehead atoms. The van der Waals surface area contributed by atoms with Crippen LogP contribution in [0.3, 0.4) is 0 Å². The lowest BCUT2D eigenvalue weighted by Gasteiger charge is -2.24. The maximum atomic E-state index is 13.4. The van der Waals surface area contributed by atoms with Crippen molar-refractivity contribution >= 4 is 16.1 Å². The maximum absolute atomic E-state index is 13.4. The van der Waals surface area contributed by atoms with Gasteiger partial charge in [0.25, 0.3) is 0 Å². The monoisotopic (exact) mass is 461 g/mol. The fourth-order valence-corrected chi connectivity index (χ4v) is 3.40. The largest absolute Gasteiger partial charge is 0.748 e. The highest BCUT2D eigenvalue weighted by atomic mass is 32.2. The van der Waals surface area contributed by atoms with E-state index < -0.39 is 51.5 Å². The van der Waals surface area contributed by atoms with E-state index in [1.54, 1.807) is 0 Å². The molecule has 1 aromatic rings. The van der Waals surface area contributed by atoms with Gasteiger partial charge in [0, 0.05) is 5.92 Å². The molecule has 1 aliphatic carbocycles. The molecule has 1 fully saturated rings. The average Bonchev–Trinajstić information content (AvgIpc) is 2.65. The van der Waals surface area contributed by atoms with Crippen LogP contribution in [0.25, 0.3) is 0 Å². The number of alkyl halides is 3. The van der Waals surface area contributed by atoms with E-state index in [0.717, 1.165) is 44.2 Å². The van der Waals surface area contributed by atoms with Crippen LogP contribution in [0.5, 0.6) is 5.75 Å². The fourth-order valence-electron chi connectivity index (χ4n) is 3.11. The fraction of sp³-hybridized carbons (Fsp3) is 0.571. The molecule has 0 radical (unpaired) electrons. The molecule has 0 N–H and O–H groups in total. The number of carbonyl (C=O) groups is 1. The molecule has 0 atom stereocenters. The second-order valence-electron chi connectivity index (χ2n) is 7.82. The van der Waals surface area contributed by atoms with Crippen LogP contribution in [-0.4, -0.2) is 36.9 Å². The average molecular weight is 461 g/mol. The number of hydrogen-bond donors (Lipinski definition) is 0. The van der Waals surface area contributed by atoms with E-state index in [9.17, 15) is 30.9 Å². The van der Waals surface area contributed by atoms with E-state index in [4.69, 9.17) is 4.74 Å². The summed E-state index contributed by atoms with van der Waals surface area (Å²) in [7, 11) is -4.59. The van der Waals surface area contributed by atoms with Gasteiger partial charge in [0.15, 0.2) is 5.60 Å². The second kappa shape index (κ2) is 9.92. The predicted octanol–water partition coefficient (Wildman–Crippen LogP) is 4.15. The summed E-state index contributed by atoms with van der Waals surface area (Å²) in [4.78, 5) is 12.1. The van der Waals surface area contributed by atoms with Crippen molar-refractivity contribution in [3.63, 3.8) is 0 Å². The lowest BCUT2D eigenvalue weighted by molar-refractivity contribution is -0.139. The van der Waals surface area contributed by atoms with Crippen LogP contribution in [0.15, 0.2) is 18.2 Å². The molecule has 6 nitrogen and oxygen atoms in total. The van der Waals surface area contributed by atoms with Gasteiger partial charge in [-0.25, -0.2) is 13.2 Å². The van der Waals surface area contributed by atoms with E-state index in [-0.39, 0.29) is 11.5 Å². The quantitative estimate of drug-likeness (QED) is 0.359. The Balaban J connectivity index is 2.23. The van der Waals surface area contributed by atoms with Crippen LogP contribution in [0.1, 0.15) is 61.9 Å². The Morgan fingerprint density at radius 2 is 1.84 bits per heavy atom. The van der Waals surface area contributed by atoms with Crippen molar-refractivity contribution in [2.75, 3.05) is 12.4 Å². The summed E-state index contributed by atoms with van der Waals surface area (Å²) >= 11 is 0. The zero-order valence-electron chi connectivity index (χ0n) is 17.3. The molecule has 0 saturated heterocycles. The van der Waals surface area contributed by atoms with Crippen LogP contribution in [-0.2, 0) is 21.0 Å². The van der Waals surface area contributed by atoms with Gasteiger partial charge in [0.1, 0.15) is 12.4 Å². The normalized spacial score (nSPS) is 15.7. The van der Waals surface area contributed by atoms with Crippen molar-refractivity contribution < 1.29 is 40.4 Å². The van der Waals surface area contributed by atoms with Crippen LogP contribution in [0.2, 0.25) is 0 Å². The molecule has 1 aromatic carbocycles. The zero-order chi connectivity index (χ0) is 23.3. The summed E-state index contributed by atoms with van der Waals surface area (Å²) in [6.07, 6.45) is 0.430. The van der Waals surface area contributed by atoms with Crippen molar-refractivity contribution in [1.29, 1.82) is 0 Å². The minimum absolute atomic E-state index is 0.178. The van der Waals surface area contributed by atoms with Crippen molar-refractivity contribution in [1.82, 2.24) is 0 Å². The number of esters is 1. The predicted molar refractivity (Wildman–Crippen MR) is 105 cm³/mol. The number of rotatable bonds is 6. The van der Waals surface area contributed by atoms with E-state index in [0.29, 0.717) is 6.07 Å². The van der Waals surface area contributed by atoms with Crippen molar-refractivity contribution in [3.8, 4) is 17.6 Å². The summed E-state index contributed by atoms with van der Waals surface area (Å²) in [5, 5.41) is 0. The van der Waals surface area contributed by atoms with Gasteiger partial charge in [-0.05, 0) is 44.9 Å². The smallest absolute Gasteiger partial charge is 0.419 e. The van der Waals surface area contributed by atoms with Crippen LogP contribution in [0.4, 0.5) is 13.2 Å². The topological polar surface area (TPSA) is 92.7 Å². The molecule has 0 unspecified atom stereocenters. The lowest BCUT2D eigenvalue weighted by atomic mass is 9.89. The second-order valence-corrected chi connectivity index (χ2v) is 9.35. The molecule has 0 aliphatic heterocycles. The van der Waals surface area contributed by atoms with Gasteiger partial charge in [0.2, 0.25) is 0 Å². The molecular formula is C21H24F3O6S-. The third-order valence-corrected chi connectivity index (χ3v) is 5.30. The maximum Gasteiger partial charge on any atom is 0.419 e. The summed E-state index contributed by atoms with van der Waals surface area (Å²) < 4.78 is 82.3. The number of ether oxygens (including phenoxy) is 2. The molecule has 2 rings (SSSR count). The standard InChI is InChI=1S/C21H25F3O6S/c1-20(2,11-10-15-6-4-3-5-7-15)30-18-14-16(8-9-17(18)21(22,23)24)19(25)29-12-13-31(26,27)28/h8-9,14-15H,3-7,12-13H2,1-2H3,(H,26,27,28)/p-1. The molecule has 172 valence electrons. The molecule has 0 spiro atoms. The Labute approximate surface area is 179 Å². The van der Waals surface area contributed by atoms with Gasteiger partial charge in [-0.1, -0.05) is 31.1 Å². The van der Waals surface area contributed by atoms with E-state index in [1.807, 2.05) is 0 Å². The van der Waals surface area contributed by atoms with E-state index >= 15 is 0 Å². The summed E-state index contributed by atoms with van der Waals surface area (Å²) in [6, 6.07) is 2.45. The molecule has 0 aromatic heterocycles. The lowest BCUT2D eigenvalue weighted by Crippen LogP contribution is -2.28. The Morgan fingerprint density at radius 1 is 1.19 bits per heavy atom. The first-order chi connectivity index (χ1) is 14.3. The SMILES string of the molecule is CC(C)(C#CC1CCCCC1)Oc1cc(C(=O)OCCS(=O)(=O)[O-])ccc1C(F)(F)F. The first-order valence-corrected chi connectivity index (χ1v) is 11.4. The van der Waals surface area contributed by atoms with Gasteiger partial charge < -0.3 is 14.0 Å². The molecule has 1 saturated carbocycles. The minimum atomic E-state index is -4.73. The third kappa shape index (κ3) is 8.42. The third-order valence-electron chi connectivity index (χ3n) is 4.64.